The molecule has 2 heterocycles. The van der Waals surface area contributed by atoms with Crippen LogP contribution in [0, 0.1) is 5.82 Å². The molecule has 1 aliphatic heterocycles. The molecule has 0 saturated carbocycles. The molecule has 0 unspecified atom stereocenters. The summed E-state index contributed by atoms with van der Waals surface area (Å²) in [5.41, 5.74) is -1.01. The summed E-state index contributed by atoms with van der Waals surface area (Å²) in [6.07, 6.45) is 1.69. The zero-order valence-corrected chi connectivity index (χ0v) is 15.5. The second-order valence-corrected chi connectivity index (χ2v) is 6.79. The Morgan fingerprint density at radius 3 is 2.71 bits per heavy atom. The first-order chi connectivity index (χ1) is 13.2. The number of rotatable bonds is 5. The van der Waals surface area contributed by atoms with Crippen molar-refractivity contribution in [3.63, 3.8) is 0 Å². The monoisotopic (exact) mass is 415 g/mol. The normalized spacial score (nSPS) is 16.8. The van der Waals surface area contributed by atoms with Crippen molar-refractivity contribution in [2.45, 2.75) is 18.4 Å². The summed E-state index contributed by atoms with van der Waals surface area (Å²) < 4.78 is 49.0. The van der Waals surface area contributed by atoms with E-state index in [1.54, 1.807) is 0 Å². The van der Waals surface area contributed by atoms with Crippen LogP contribution < -0.4 is 10.6 Å². The molecule has 1 aromatic heterocycles. The molecule has 10 heteroatoms. The van der Waals surface area contributed by atoms with Gasteiger partial charge in [0, 0.05) is 25.5 Å². The molecule has 150 valence electrons. The number of hydrogen-bond donors (Lipinski definition) is 2. The standard InChI is InChI=1S/C18H17ClF3N3O3/c1-25-6-4-12(16(26)23-10-2-3-14(20)13(19)8-10)15(25)18(21,22)17(27)24-11-5-7-28-9-11/h2-4,6,8,11H,5,7,9H2,1H3,(H,23,26)(H,24,27)/t11-/m1/s1. The van der Waals surface area contributed by atoms with Crippen LogP contribution in [-0.2, 0) is 22.5 Å². The number of aromatic nitrogens is 1. The highest BCUT2D eigenvalue weighted by Gasteiger charge is 2.46. The van der Waals surface area contributed by atoms with Crippen molar-refractivity contribution in [3.05, 3.63) is 52.6 Å². The zero-order chi connectivity index (χ0) is 20.5. The summed E-state index contributed by atoms with van der Waals surface area (Å²) in [4.78, 5) is 24.7. The van der Waals surface area contributed by atoms with Gasteiger partial charge in [-0.3, -0.25) is 9.59 Å². The quantitative estimate of drug-likeness (QED) is 0.788. The number of benzene rings is 1. The predicted octanol–water partition coefficient (Wildman–Crippen LogP) is 3.07. The van der Waals surface area contributed by atoms with Gasteiger partial charge in [0.1, 0.15) is 11.5 Å². The fraction of sp³-hybridized carbons (Fsp3) is 0.333. The third-order valence-electron chi connectivity index (χ3n) is 4.34. The lowest BCUT2D eigenvalue weighted by Gasteiger charge is -2.21. The molecular formula is C18H17ClF3N3O3. The first-order valence-electron chi connectivity index (χ1n) is 8.39. The fourth-order valence-corrected chi connectivity index (χ4v) is 3.09. The lowest BCUT2D eigenvalue weighted by Crippen LogP contribution is -2.45. The van der Waals surface area contributed by atoms with E-state index in [0.717, 1.165) is 16.7 Å². The minimum absolute atomic E-state index is 0.127. The molecule has 1 atom stereocenters. The zero-order valence-electron chi connectivity index (χ0n) is 14.8. The number of amides is 2. The van der Waals surface area contributed by atoms with Gasteiger partial charge in [-0.2, -0.15) is 8.78 Å². The molecule has 0 radical (unpaired) electrons. The van der Waals surface area contributed by atoms with E-state index in [4.69, 9.17) is 16.3 Å². The number of hydrogen-bond acceptors (Lipinski definition) is 3. The van der Waals surface area contributed by atoms with Gasteiger partial charge in [0.05, 0.1) is 23.2 Å². The summed E-state index contributed by atoms with van der Waals surface area (Å²) in [7, 11) is 1.31. The Morgan fingerprint density at radius 2 is 2.07 bits per heavy atom. The Kier molecular flexibility index (Phi) is 5.66. The van der Waals surface area contributed by atoms with Crippen molar-refractivity contribution in [1.82, 2.24) is 9.88 Å². The Labute approximate surface area is 163 Å². The SMILES string of the molecule is Cn1ccc(C(=O)Nc2ccc(F)c(Cl)c2)c1C(F)(F)C(=O)N[C@@H]1CCOC1. The highest BCUT2D eigenvalue weighted by atomic mass is 35.5. The van der Waals surface area contributed by atoms with Crippen LogP contribution in [0.5, 0.6) is 0 Å². The molecular weight excluding hydrogens is 399 g/mol. The maximum Gasteiger partial charge on any atom is 0.364 e. The van der Waals surface area contributed by atoms with Crippen LogP contribution in [-0.4, -0.2) is 35.6 Å². The fourth-order valence-electron chi connectivity index (χ4n) is 2.91. The van der Waals surface area contributed by atoms with Crippen molar-refractivity contribution in [1.29, 1.82) is 0 Å². The molecule has 2 aromatic rings. The maximum absolute atomic E-state index is 14.8. The molecule has 1 aromatic carbocycles. The van der Waals surface area contributed by atoms with Gasteiger partial charge in [0.15, 0.2) is 0 Å². The van der Waals surface area contributed by atoms with Gasteiger partial charge in [-0.1, -0.05) is 11.6 Å². The maximum atomic E-state index is 14.8. The van der Waals surface area contributed by atoms with E-state index in [2.05, 4.69) is 10.6 Å². The van der Waals surface area contributed by atoms with Crippen molar-refractivity contribution in [2.24, 2.45) is 7.05 Å². The Hall–Kier alpha value is -2.52. The van der Waals surface area contributed by atoms with E-state index in [1.807, 2.05) is 0 Å². The van der Waals surface area contributed by atoms with Crippen molar-refractivity contribution < 1.29 is 27.5 Å². The average Bonchev–Trinajstić information content (AvgIpc) is 3.27. The minimum Gasteiger partial charge on any atom is -0.379 e. The highest BCUT2D eigenvalue weighted by Crippen LogP contribution is 2.32. The lowest BCUT2D eigenvalue weighted by atomic mass is 10.1. The van der Waals surface area contributed by atoms with Gasteiger partial charge in [-0.25, -0.2) is 4.39 Å². The van der Waals surface area contributed by atoms with Crippen LogP contribution >= 0.6 is 11.6 Å². The molecule has 28 heavy (non-hydrogen) atoms. The van der Waals surface area contributed by atoms with Gasteiger partial charge < -0.3 is 19.9 Å². The van der Waals surface area contributed by atoms with Gasteiger partial charge in [0.2, 0.25) is 0 Å². The molecule has 0 aliphatic carbocycles. The smallest absolute Gasteiger partial charge is 0.364 e. The predicted molar refractivity (Wildman–Crippen MR) is 96.0 cm³/mol. The molecule has 1 fully saturated rings. The second kappa shape index (κ2) is 7.84. The second-order valence-electron chi connectivity index (χ2n) is 6.38. The largest absolute Gasteiger partial charge is 0.379 e. The minimum atomic E-state index is -3.95. The van der Waals surface area contributed by atoms with E-state index >= 15 is 0 Å². The van der Waals surface area contributed by atoms with Gasteiger partial charge in [-0.15, -0.1) is 0 Å². The van der Waals surface area contributed by atoms with Crippen molar-refractivity contribution in [3.8, 4) is 0 Å². The van der Waals surface area contributed by atoms with Crippen LogP contribution in [0.3, 0.4) is 0 Å². The number of anilines is 1. The Morgan fingerprint density at radius 1 is 1.32 bits per heavy atom. The Bertz CT molecular complexity index is 911. The van der Waals surface area contributed by atoms with E-state index in [-0.39, 0.29) is 22.9 Å². The summed E-state index contributed by atoms with van der Waals surface area (Å²) in [6, 6.07) is 4.11. The van der Waals surface area contributed by atoms with Gasteiger partial charge >= 0.3 is 5.92 Å². The van der Waals surface area contributed by atoms with Crippen LogP contribution in [0.15, 0.2) is 30.5 Å². The Balaban J connectivity index is 1.84. The number of halogens is 4. The molecule has 0 bridgehead atoms. The lowest BCUT2D eigenvalue weighted by molar-refractivity contribution is -0.148. The molecule has 2 N–H and O–H groups in total. The molecule has 3 rings (SSSR count). The number of nitrogens with zero attached hydrogens (tertiary/aromatic N) is 1. The highest BCUT2D eigenvalue weighted by molar-refractivity contribution is 6.31. The van der Waals surface area contributed by atoms with Crippen LogP contribution in [0.2, 0.25) is 5.02 Å². The first kappa shape index (κ1) is 20.2. The molecule has 2 amide bonds. The van der Waals surface area contributed by atoms with E-state index in [1.165, 1.54) is 25.4 Å². The average molecular weight is 416 g/mol. The summed E-state index contributed by atoms with van der Waals surface area (Å²) in [5.74, 6) is -7.02. The molecule has 1 aliphatic rings. The summed E-state index contributed by atoms with van der Waals surface area (Å²) in [6.45, 7) is 0.544. The van der Waals surface area contributed by atoms with E-state index in [0.29, 0.717) is 13.0 Å². The van der Waals surface area contributed by atoms with E-state index in [9.17, 15) is 22.8 Å². The van der Waals surface area contributed by atoms with Crippen LogP contribution in [0.25, 0.3) is 0 Å². The van der Waals surface area contributed by atoms with Crippen LogP contribution in [0.4, 0.5) is 18.9 Å². The van der Waals surface area contributed by atoms with E-state index < -0.39 is 35.3 Å². The number of ether oxygens (including phenoxy) is 1. The third kappa shape index (κ3) is 4.00. The number of carbonyl (C=O) groups excluding carboxylic acids is 2. The molecule has 6 nitrogen and oxygen atoms in total. The first-order valence-corrected chi connectivity index (χ1v) is 8.76. The number of carbonyl (C=O) groups is 2. The molecule has 0 spiro atoms. The number of alkyl halides is 2. The molecule has 1 saturated heterocycles. The topological polar surface area (TPSA) is 72.4 Å². The number of aryl methyl sites for hydroxylation is 1. The van der Waals surface area contributed by atoms with Gasteiger partial charge in [0.25, 0.3) is 11.8 Å². The van der Waals surface area contributed by atoms with Crippen molar-refractivity contribution >= 4 is 29.1 Å². The van der Waals surface area contributed by atoms with Crippen LogP contribution in [0.1, 0.15) is 22.5 Å². The summed E-state index contributed by atoms with van der Waals surface area (Å²) >= 11 is 5.66. The van der Waals surface area contributed by atoms with Gasteiger partial charge in [-0.05, 0) is 30.7 Å². The van der Waals surface area contributed by atoms with Crippen molar-refractivity contribution in [2.75, 3.05) is 18.5 Å². The number of nitrogens with one attached hydrogen (secondary N) is 2. The summed E-state index contributed by atoms with van der Waals surface area (Å²) in [5, 5.41) is 4.39. The third-order valence-corrected chi connectivity index (χ3v) is 4.63.